The fourth-order valence-electron chi connectivity index (χ4n) is 5.36. The summed E-state index contributed by atoms with van der Waals surface area (Å²) in [6.45, 7) is 1.84. The van der Waals surface area contributed by atoms with Gasteiger partial charge in [-0.3, -0.25) is 0 Å². The molecule has 6 aromatic carbocycles. The summed E-state index contributed by atoms with van der Waals surface area (Å²) in [6, 6.07) is 29.1. The van der Waals surface area contributed by atoms with Crippen LogP contribution in [0.15, 0.2) is 109 Å². The first-order valence-electron chi connectivity index (χ1n) is 17.0. The van der Waals surface area contributed by atoms with Crippen molar-refractivity contribution < 1.29 is 56.2 Å². The molecule has 0 aliphatic carbocycles. The molecule has 54 heavy (non-hydrogen) atoms. The molecule has 0 unspecified atom stereocenters. The highest BCUT2D eigenvalue weighted by Crippen LogP contribution is 2.30. The van der Waals surface area contributed by atoms with Crippen LogP contribution < -0.4 is 0 Å². The van der Waals surface area contributed by atoms with Crippen molar-refractivity contribution in [3.8, 4) is 63.2 Å². The van der Waals surface area contributed by atoms with E-state index in [4.69, 9.17) is 0 Å². The molecule has 0 spiro atoms. The second-order valence-electron chi connectivity index (χ2n) is 12.8. The molecule has 6 rings (SSSR count). The predicted octanol–water partition coefficient (Wildman–Crippen LogP) is 7.68. The molecule has 0 atom stereocenters. The van der Waals surface area contributed by atoms with Gasteiger partial charge in [-0.15, -0.1) is 0 Å². The zero-order valence-electron chi connectivity index (χ0n) is 29.6. The first kappa shape index (κ1) is 39.9. The molecule has 282 valence electrons. The lowest BCUT2D eigenvalue weighted by atomic mass is 10.0. The highest BCUT2D eigenvalue weighted by molar-refractivity contribution is 5.45. The molecule has 0 aliphatic heterocycles. The van der Waals surface area contributed by atoms with Crippen molar-refractivity contribution in [3.63, 3.8) is 0 Å². The predicted molar refractivity (Wildman–Crippen MR) is 204 cm³/mol. The number of phenolic OH excluding ortho intramolecular Hbond substituents is 11. The number of rotatable bonds is 9. The van der Waals surface area contributed by atoms with Crippen LogP contribution >= 0.6 is 0 Å². The largest absolute Gasteiger partial charge is 0.508 e. The SMILES string of the molecule is Cc1ccc(Cc2ccc(O)c(O)c2)cc1O.Oc1ccc(CCCc2ccc(O)c(O)c2)cc1O.Oc1ccc(CCc2ccc(O)c(O)c2)cc1O. The number of benzene rings is 6. The van der Waals surface area contributed by atoms with E-state index < -0.39 is 0 Å². The van der Waals surface area contributed by atoms with Crippen LogP contribution in [0.4, 0.5) is 0 Å². The first-order chi connectivity index (χ1) is 25.7. The summed E-state index contributed by atoms with van der Waals surface area (Å²) in [7, 11) is 0. The molecule has 0 saturated heterocycles. The van der Waals surface area contributed by atoms with Gasteiger partial charge < -0.3 is 56.2 Å². The maximum absolute atomic E-state index is 9.59. The number of aromatic hydroxyl groups is 11. The molecular weight excluding hydrogens is 692 g/mol. The van der Waals surface area contributed by atoms with Gasteiger partial charge in [0.25, 0.3) is 0 Å². The molecule has 0 bridgehead atoms. The minimum absolute atomic E-state index is 0.111. The van der Waals surface area contributed by atoms with Crippen LogP contribution in [0.2, 0.25) is 0 Å². The smallest absolute Gasteiger partial charge is 0.157 e. The van der Waals surface area contributed by atoms with Crippen LogP contribution in [0.1, 0.15) is 45.4 Å². The number of phenols is 11. The summed E-state index contributed by atoms with van der Waals surface area (Å²) in [4.78, 5) is 0. The summed E-state index contributed by atoms with van der Waals surface area (Å²) in [5, 5.41) is 102. The standard InChI is InChI=1S/C15H16O4.C14H14O4.C14H14O3/c16-12-6-4-10(8-14(12)18)2-1-3-11-5-7-13(17)15(19)9-11;15-11-5-3-9(7-13(11)17)1-2-10-4-6-12(16)14(18)8-10;1-9-2-3-10(7-13(9)16)6-11-4-5-12(15)14(17)8-11/h4-9,16-19H,1-3H2;3-8,15-18H,1-2H2;2-5,7-8,15-17H,6H2,1H3. The van der Waals surface area contributed by atoms with E-state index in [0.29, 0.717) is 19.3 Å². The summed E-state index contributed by atoms with van der Waals surface area (Å²) >= 11 is 0. The van der Waals surface area contributed by atoms with Gasteiger partial charge in [0.05, 0.1) is 0 Å². The van der Waals surface area contributed by atoms with E-state index in [1.54, 1.807) is 48.5 Å². The van der Waals surface area contributed by atoms with Crippen molar-refractivity contribution in [2.45, 2.75) is 45.4 Å². The topological polar surface area (TPSA) is 223 Å². The van der Waals surface area contributed by atoms with Crippen molar-refractivity contribution in [3.05, 3.63) is 148 Å². The second-order valence-corrected chi connectivity index (χ2v) is 12.8. The molecule has 0 aromatic heterocycles. The van der Waals surface area contributed by atoms with E-state index >= 15 is 0 Å². The third-order valence-electron chi connectivity index (χ3n) is 8.51. The van der Waals surface area contributed by atoms with Gasteiger partial charge in [0.2, 0.25) is 0 Å². The third kappa shape index (κ3) is 11.8. The Morgan fingerprint density at radius 2 is 0.537 bits per heavy atom. The molecule has 0 radical (unpaired) electrons. The molecule has 0 aliphatic rings. The Hall–Kier alpha value is -6.88. The monoisotopic (exact) mass is 736 g/mol. The quantitative estimate of drug-likeness (QED) is 0.0646. The normalized spacial score (nSPS) is 10.5. The molecule has 11 N–H and O–H groups in total. The molecule has 0 heterocycles. The van der Waals surface area contributed by atoms with Crippen LogP contribution in [0, 0.1) is 6.92 Å². The van der Waals surface area contributed by atoms with Crippen LogP contribution in [0.3, 0.4) is 0 Å². The van der Waals surface area contributed by atoms with E-state index in [1.165, 1.54) is 48.5 Å². The van der Waals surface area contributed by atoms with E-state index in [1.807, 2.05) is 19.1 Å². The van der Waals surface area contributed by atoms with Crippen LogP contribution in [0.25, 0.3) is 0 Å². The molecule has 11 heteroatoms. The average molecular weight is 737 g/mol. The van der Waals surface area contributed by atoms with E-state index in [2.05, 4.69) is 0 Å². The minimum atomic E-state index is -0.138. The lowest BCUT2D eigenvalue weighted by Gasteiger charge is -2.06. The lowest BCUT2D eigenvalue weighted by molar-refractivity contribution is 0.402. The maximum atomic E-state index is 9.59. The van der Waals surface area contributed by atoms with Crippen LogP contribution in [0.5, 0.6) is 63.2 Å². The van der Waals surface area contributed by atoms with Gasteiger partial charge >= 0.3 is 0 Å². The molecule has 0 saturated carbocycles. The fraction of sp³-hybridized carbons (Fsp3) is 0.163. The number of hydrogen-bond acceptors (Lipinski definition) is 11. The van der Waals surface area contributed by atoms with Gasteiger partial charge in [0, 0.05) is 0 Å². The molecule has 0 fully saturated rings. The van der Waals surface area contributed by atoms with Gasteiger partial charge in [-0.25, -0.2) is 0 Å². The Bertz CT molecular complexity index is 2030. The van der Waals surface area contributed by atoms with E-state index in [0.717, 1.165) is 58.2 Å². The Labute approximate surface area is 312 Å². The molecule has 6 aromatic rings. The van der Waals surface area contributed by atoms with Gasteiger partial charge in [0.1, 0.15) is 5.75 Å². The Morgan fingerprint density at radius 1 is 0.278 bits per heavy atom. The van der Waals surface area contributed by atoms with Crippen molar-refractivity contribution in [1.29, 1.82) is 0 Å². The van der Waals surface area contributed by atoms with Gasteiger partial charge in [-0.05, 0) is 151 Å². The minimum Gasteiger partial charge on any atom is -0.508 e. The Kier molecular flexibility index (Phi) is 13.7. The third-order valence-corrected chi connectivity index (χ3v) is 8.51. The van der Waals surface area contributed by atoms with Crippen LogP contribution in [-0.2, 0) is 32.1 Å². The summed E-state index contributed by atoms with van der Waals surface area (Å²) in [5.41, 5.74) is 6.33. The second kappa shape index (κ2) is 18.6. The molecule has 11 nitrogen and oxygen atoms in total. The van der Waals surface area contributed by atoms with Crippen molar-refractivity contribution in [2.24, 2.45) is 0 Å². The summed E-state index contributed by atoms with van der Waals surface area (Å²) < 4.78 is 0. The van der Waals surface area contributed by atoms with Gasteiger partial charge in [0.15, 0.2) is 57.5 Å². The maximum Gasteiger partial charge on any atom is 0.157 e. The number of hydrogen-bond donors (Lipinski definition) is 11. The average Bonchev–Trinajstić information content (AvgIpc) is 3.13. The summed E-state index contributed by atoms with van der Waals surface area (Å²) in [6.07, 6.45) is 4.29. The number of aryl methyl sites for hydroxylation is 5. The summed E-state index contributed by atoms with van der Waals surface area (Å²) in [5.74, 6) is -0.993. The van der Waals surface area contributed by atoms with Crippen LogP contribution in [-0.4, -0.2) is 56.2 Å². The zero-order chi connectivity index (χ0) is 39.4. The Morgan fingerprint density at radius 3 is 0.852 bits per heavy atom. The van der Waals surface area contributed by atoms with E-state index in [9.17, 15) is 56.2 Å². The highest BCUT2D eigenvalue weighted by atomic mass is 16.3. The Balaban J connectivity index is 0.000000181. The molecular formula is C43H44O11. The van der Waals surface area contributed by atoms with E-state index in [-0.39, 0.29) is 63.2 Å². The van der Waals surface area contributed by atoms with Crippen molar-refractivity contribution >= 4 is 0 Å². The lowest BCUT2D eigenvalue weighted by Crippen LogP contribution is -1.91. The van der Waals surface area contributed by atoms with Crippen molar-refractivity contribution in [1.82, 2.24) is 0 Å². The first-order valence-corrected chi connectivity index (χ1v) is 17.0. The van der Waals surface area contributed by atoms with Crippen molar-refractivity contribution in [2.75, 3.05) is 0 Å². The van der Waals surface area contributed by atoms with Gasteiger partial charge in [-0.1, -0.05) is 42.5 Å². The highest BCUT2D eigenvalue weighted by Gasteiger charge is 2.06. The van der Waals surface area contributed by atoms with Gasteiger partial charge in [-0.2, -0.15) is 0 Å². The fourth-order valence-corrected chi connectivity index (χ4v) is 5.36. The molecule has 0 amide bonds. The zero-order valence-corrected chi connectivity index (χ0v) is 29.6.